The molecule has 0 amide bonds. The lowest BCUT2D eigenvalue weighted by atomic mass is 10.0. The third-order valence-corrected chi connectivity index (χ3v) is 2.40. The summed E-state index contributed by atoms with van der Waals surface area (Å²) in [6, 6.07) is 4.20. The van der Waals surface area contributed by atoms with Crippen molar-refractivity contribution in [3.8, 4) is 0 Å². The lowest BCUT2D eigenvalue weighted by Gasteiger charge is -2.09. The van der Waals surface area contributed by atoms with Crippen LogP contribution in [0, 0.1) is 5.92 Å². The molecular weight excluding hydrogens is 184 g/mol. The van der Waals surface area contributed by atoms with Crippen LogP contribution in [0.2, 0.25) is 0 Å². The van der Waals surface area contributed by atoms with Gasteiger partial charge in [0.05, 0.1) is 0 Å². The maximum absolute atomic E-state index is 6.00. The molecule has 2 N–H and O–H groups in total. The first-order valence-electron chi connectivity index (χ1n) is 4.52. The van der Waals surface area contributed by atoms with Crippen molar-refractivity contribution >= 4 is 12.4 Å². The van der Waals surface area contributed by atoms with E-state index in [1.165, 1.54) is 18.4 Å². The molecule has 0 radical (unpaired) electrons. The predicted octanol–water partition coefficient (Wildman–Crippen LogP) is 2.30. The summed E-state index contributed by atoms with van der Waals surface area (Å²) < 4.78 is 0. The molecule has 72 valence electrons. The Labute approximate surface area is 85.0 Å². The average Bonchev–Trinajstić information content (AvgIpc) is 2.90. The van der Waals surface area contributed by atoms with Crippen LogP contribution in [0.3, 0.4) is 0 Å². The van der Waals surface area contributed by atoms with Gasteiger partial charge in [-0.3, -0.25) is 4.98 Å². The van der Waals surface area contributed by atoms with Gasteiger partial charge in [-0.25, -0.2) is 0 Å². The first-order valence-corrected chi connectivity index (χ1v) is 4.52. The van der Waals surface area contributed by atoms with E-state index < -0.39 is 0 Å². The summed E-state index contributed by atoms with van der Waals surface area (Å²) in [6.45, 7) is 0. The molecule has 2 rings (SSSR count). The highest BCUT2D eigenvalue weighted by atomic mass is 35.5. The molecule has 2 nitrogen and oxygen atoms in total. The first-order chi connectivity index (χ1) is 5.86. The van der Waals surface area contributed by atoms with Crippen LogP contribution < -0.4 is 5.73 Å². The number of hydrogen-bond acceptors (Lipinski definition) is 2. The van der Waals surface area contributed by atoms with Gasteiger partial charge in [0.2, 0.25) is 0 Å². The fourth-order valence-electron chi connectivity index (χ4n) is 1.44. The second-order valence-corrected chi connectivity index (χ2v) is 3.57. The van der Waals surface area contributed by atoms with Crippen LogP contribution in [0.25, 0.3) is 0 Å². The molecule has 1 atom stereocenters. The standard InChI is InChI=1S/C10H14N2.ClH/c11-10(6-8-3-4-8)9-2-1-5-12-7-9;/h1-2,5,7-8,10H,3-4,6,11H2;1H/t10-;/m1./s1. The largest absolute Gasteiger partial charge is 0.324 e. The molecule has 0 unspecified atom stereocenters. The Balaban J connectivity index is 0.000000845. The van der Waals surface area contributed by atoms with Crippen molar-refractivity contribution in [1.29, 1.82) is 0 Å². The van der Waals surface area contributed by atoms with Gasteiger partial charge in [0.15, 0.2) is 0 Å². The van der Waals surface area contributed by atoms with Crippen LogP contribution in [0.1, 0.15) is 30.9 Å². The lowest BCUT2D eigenvalue weighted by molar-refractivity contribution is 0.595. The van der Waals surface area contributed by atoms with Crippen molar-refractivity contribution in [3.63, 3.8) is 0 Å². The van der Waals surface area contributed by atoms with E-state index in [0.29, 0.717) is 0 Å². The molecule has 0 bridgehead atoms. The van der Waals surface area contributed by atoms with Crippen molar-refractivity contribution in [1.82, 2.24) is 4.98 Å². The summed E-state index contributed by atoms with van der Waals surface area (Å²) in [6.07, 6.45) is 7.52. The van der Waals surface area contributed by atoms with E-state index in [-0.39, 0.29) is 18.4 Å². The topological polar surface area (TPSA) is 38.9 Å². The van der Waals surface area contributed by atoms with E-state index in [4.69, 9.17) is 5.73 Å². The highest BCUT2D eigenvalue weighted by molar-refractivity contribution is 5.85. The van der Waals surface area contributed by atoms with Crippen molar-refractivity contribution in [3.05, 3.63) is 30.1 Å². The van der Waals surface area contributed by atoms with Gasteiger partial charge in [0, 0.05) is 18.4 Å². The number of aromatic nitrogens is 1. The van der Waals surface area contributed by atoms with Crippen molar-refractivity contribution in [2.75, 3.05) is 0 Å². The number of rotatable bonds is 3. The number of halogens is 1. The smallest absolute Gasteiger partial charge is 0.0315 e. The minimum absolute atomic E-state index is 0. The summed E-state index contributed by atoms with van der Waals surface area (Å²) in [5.41, 5.74) is 7.17. The number of nitrogens with two attached hydrogens (primary N) is 1. The van der Waals surface area contributed by atoms with Crippen LogP contribution in [0.4, 0.5) is 0 Å². The minimum atomic E-state index is 0. The second-order valence-electron chi connectivity index (χ2n) is 3.57. The van der Waals surface area contributed by atoms with Gasteiger partial charge in [-0.1, -0.05) is 18.9 Å². The Bertz CT molecular complexity index is 246. The van der Waals surface area contributed by atoms with E-state index in [9.17, 15) is 0 Å². The van der Waals surface area contributed by atoms with Crippen molar-refractivity contribution < 1.29 is 0 Å². The maximum atomic E-state index is 6.00. The molecule has 1 aromatic rings. The van der Waals surface area contributed by atoms with E-state index >= 15 is 0 Å². The van der Waals surface area contributed by atoms with Gasteiger partial charge < -0.3 is 5.73 Å². The van der Waals surface area contributed by atoms with Crippen molar-refractivity contribution in [2.45, 2.75) is 25.3 Å². The van der Waals surface area contributed by atoms with Gasteiger partial charge >= 0.3 is 0 Å². The highest BCUT2D eigenvalue weighted by Gasteiger charge is 2.24. The van der Waals surface area contributed by atoms with E-state index in [1.807, 2.05) is 12.3 Å². The molecule has 13 heavy (non-hydrogen) atoms. The predicted molar refractivity (Wildman–Crippen MR) is 55.8 cm³/mol. The molecule has 1 saturated carbocycles. The SMILES string of the molecule is Cl.N[C@H](CC1CC1)c1cccnc1. The molecule has 1 aromatic heterocycles. The first kappa shape index (κ1) is 10.5. The second kappa shape index (κ2) is 4.58. The number of pyridine rings is 1. The Morgan fingerprint density at radius 1 is 1.54 bits per heavy atom. The van der Waals surface area contributed by atoms with Gasteiger partial charge in [0.25, 0.3) is 0 Å². The molecule has 1 aliphatic carbocycles. The van der Waals surface area contributed by atoms with Crippen LogP contribution in [0.15, 0.2) is 24.5 Å². The van der Waals surface area contributed by atoms with Gasteiger partial charge in [0.1, 0.15) is 0 Å². The summed E-state index contributed by atoms with van der Waals surface area (Å²) in [7, 11) is 0. The Morgan fingerprint density at radius 3 is 2.85 bits per heavy atom. The maximum Gasteiger partial charge on any atom is 0.0315 e. The summed E-state index contributed by atoms with van der Waals surface area (Å²) in [4.78, 5) is 4.05. The zero-order valence-electron chi connectivity index (χ0n) is 7.52. The third-order valence-electron chi connectivity index (χ3n) is 2.40. The summed E-state index contributed by atoms with van der Waals surface area (Å²) in [5, 5.41) is 0. The normalized spacial score (nSPS) is 17.6. The Hall–Kier alpha value is -0.600. The molecule has 0 aromatic carbocycles. The summed E-state index contributed by atoms with van der Waals surface area (Å²) in [5.74, 6) is 0.889. The van der Waals surface area contributed by atoms with E-state index in [2.05, 4.69) is 11.1 Å². The van der Waals surface area contributed by atoms with Crippen LogP contribution >= 0.6 is 12.4 Å². The fraction of sp³-hybridized carbons (Fsp3) is 0.500. The van der Waals surface area contributed by atoms with E-state index in [0.717, 1.165) is 12.3 Å². The molecule has 1 heterocycles. The molecular formula is C10H15ClN2. The Morgan fingerprint density at radius 2 is 2.31 bits per heavy atom. The fourth-order valence-corrected chi connectivity index (χ4v) is 1.44. The zero-order valence-corrected chi connectivity index (χ0v) is 8.33. The quantitative estimate of drug-likeness (QED) is 0.810. The molecule has 0 saturated heterocycles. The van der Waals surface area contributed by atoms with E-state index in [1.54, 1.807) is 6.20 Å². The van der Waals surface area contributed by atoms with Crippen LogP contribution in [-0.2, 0) is 0 Å². The van der Waals surface area contributed by atoms with Gasteiger partial charge in [-0.05, 0) is 24.0 Å². The molecule has 0 spiro atoms. The van der Waals surface area contributed by atoms with Crippen LogP contribution in [0.5, 0.6) is 0 Å². The average molecular weight is 199 g/mol. The molecule has 0 aliphatic heterocycles. The molecule has 3 heteroatoms. The lowest BCUT2D eigenvalue weighted by Crippen LogP contribution is -2.10. The molecule has 1 aliphatic rings. The highest BCUT2D eigenvalue weighted by Crippen LogP contribution is 2.36. The number of nitrogens with zero attached hydrogens (tertiary/aromatic N) is 1. The number of hydrogen-bond donors (Lipinski definition) is 1. The monoisotopic (exact) mass is 198 g/mol. The zero-order chi connectivity index (χ0) is 8.39. The van der Waals surface area contributed by atoms with Crippen LogP contribution in [-0.4, -0.2) is 4.98 Å². The van der Waals surface area contributed by atoms with Crippen molar-refractivity contribution in [2.24, 2.45) is 11.7 Å². The summed E-state index contributed by atoms with van der Waals surface area (Å²) >= 11 is 0. The van der Waals surface area contributed by atoms with Gasteiger partial charge in [-0.15, -0.1) is 12.4 Å². The Kier molecular flexibility index (Phi) is 3.70. The third kappa shape index (κ3) is 2.98. The van der Waals surface area contributed by atoms with Gasteiger partial charge in [-0.2, -0.15) is 0 Å². The molecule has 1 fully saturated rings. The minimum Gasteiger partial charge on any atom is -0.324 e.